The van der Waals surface area contributed by atoms with Gasteiger partial charge in [0.1, 0.15) is 0 Å². The number of carboxylic acids is 1. The number of furan rings is 1. The first kappa shape index (κ1) is 8.23. The van der Waals surface area contributed by atoms with Gasteiger partial charge in [0.05, 0.1) is 6.26 Å². The van der Waals surface area contributed by atoms with Crippen LogP contribution in [0.3, 0.4) is 0 Å². The Kier molecular flexibility index (Phi) is 3.01. The molecule has 4 heteroatoms. The van der Waals surface area contributed by atoms with Crippen molar-refractivity contribution in [3.8, 4) is 0 Å². The van der Waals surface area contributed by atoms with Crippen LogP contribution in [0.4, 0.5) is 0 Å². The summed E-state index contributed by atoms with van der Waals surface area (Å²) in [7, 11) is 0. The van der Waals surface area contributed by atoms with Gasteiger partial charge >= 0.3 is 5.97 Å². The lowest BCUT2D eigenvalue weighted by molar-refractivity contribution is 0.0662. The molecule has 0 amide bonds. The van der Waals surface area contributed by atoms with Gasteiger partial charge in [-0.25, -0.2) is 4.79 Å². The Morgan fingerprint density at radius 2 is 2.33 bits per heavy atom. The van der Waals surface area contributed by atoms with Crippen LogP contribution >= 0.6 is 17.0 Å². The molecule has 1 N–H and O–H groups in total. The highest BCUT2D eigenvalue weighted by molar-refractivity contribution is 8.93. The molecule has 0 aliphatic carbocycles. The monoisotopic (exact) mass is 192 g/mol. The van der Waals surface area contributed by atoms with Crippen molar-refractivity contribution >= 4 is 23.0 Å². The second-order valence-corrected chi connectivity index (χ2v) is 1.28. The normalized spacial score (nSPS) is 8.00. The molecule has 1 aromatic heterocycles. The average molecular weight is 193 g/mol. The van der Waals surface area contributed by atoms with Gasteiger partial charge in [0.25, 0.3) is 0 Å². The highest BCUT2D eigenvalue weighted by atomic mass is 79.9. The maximum absolute atomic E-state index is 9.97. The van der Waals surface area contributed by atoms with E-state index in [1.165, 1.54) is 18.4 Å². The number of aromatic carboxylic acids is 1. The van der Waals surface area contributed by atoms with Crippen LogP contribution < -0.4 is 0 Å². The predicted molar refractivity (Wildman–Crippen MR) is 36.0 cm³/mol. The zero-order valence-electron chi connectivity index (χ0n) is 4.40. The highest BCUT2D eigenvalue weighted by Crippen LogP contribution is 1.97. The van der Waals surface area contributed by atoms with E-state index in [2.05, 4.69) is 4.42 Å². The van der Waals surface area contributed by atoms with E-state index in [1.54, 1.807) is 0 Å². The van der Waals surface area contributed by atoms with Crippen LogP contribution in [0, 0.1) is 0 Å². The van der Waals surface area contributed by atoms with Crippen molar-refractivity contribution in [1.82, 2.24) is 0 Å². The number of hydrogen-bond acceptors (Lipinski definition) is 2. The van der Waals surface area contributed by atoms with Crippen molar-refractivity contribution in [3.05, 3.63) is 24.2 Å². The summed E-state index contributed by atoms with van der Waals surface area (Å²) >= 11 is 0. The standard InChI is InChI=1S/C5H4O3.BrH/c6-5(7)4-2-1-3-8-4;/h1-3H,(H,6,7);1H. The van der Waals surface area contributed by atoms with Crippen LogP contribution in [-0.4, -0.2) is 11.1 Å². The fourth-order valence-corrected chi connectivity index (χ4v) is 0.400. The molecule has 0 aliphatic heterocycles. The van der Waals surface area contributed by atoms with Gasteiger partial charge in [0, 0.05) is 0 Å². The lowest BCUT2D eigenvalue weighted by Gasteiger charge is -1.79. The van der Waals surface area contributed by atoms with Gasteiger partial charge < -0.3 is 9.52 Å². The summed E-state index contributed by atoms with van der Waals surface area (Å²) in [6, 6.07) is 2.92. The van der Waals surface area contributed by atoms with Crippen LogP contribution in [-0.2, 0) is 0 Å². The molecule has 1 aromatic rings. The lowest BCUT2D eigenvalue weighted by Crippen LogP contribution is -1.90. The summed E-state index contributed by atoms with van der Waals surface area (Å²) < 4.78 is 4.50. The van der Waals surface area contributed by atoms with E-state index in [0.29, 0.717) is 0 Å². The molecule has 0 bridgehead atoms. The molecule has 0 atom stereocenters. The Hall–Kier alpha value is -0.770. The zero-order chi connectivity index (χ0) is 5.98. The highest BCUT2D eigenvalue weighted by Gasteiger charge is 2.01. The first-order chi connectivity index (χ1) is 3.80. The first-order valence-electron chi connectivity index (χ1n) is 2.07. The van der Waals surface area contributed by atoms with E-state index < -0.39 is 5.97 Å². The summed E-state index contributed by atoms with van der Waals surface area (Å²) in [6.07, 6.45) is 1.32. The van der Waals surface area contributed by atoms with Crippen molar-refractivity contribution in [2.45, 2.75) is 0 Å². The molecule has 0 aliphatic rings. The molecule has 1 heterocycles. The van der Waals surface area contributed by atoms with Gasteiger partial charge in [-0.3, -0.25) is 0 Å². The maximum Gasteiger partial charge on any atom is 0.371 e. The fourth-order valence-electron chi connectivity index (χ4n) is 0.400. The topological polar surface area (TPSA) is 50.4 Å². The smallest absolute Gasteiger partial charge is 0.371 e. The molecule has 0 fully saturated rings. The van der Waals surface area contributed by atoms with Gasteiger partial charge in [-0.2, -0.15) is 0 Å². The van der Waals surface area contributed by atoms with Gasteiger partial charge in [-0.1, -0.05) is 0 Å². The fraction of sp³-hybridized carbons (Fsp3) is 0. The molecule has 50 valence electrons. The van der Waals surface area contributed by atoms with Gasteiger partial charge in [-0.15, -0.1) is 17.0 Å². The second-order valence-electron chi connectivity index (χ2n) is 1.28. The lowest BCUT2D eigenvalue weighted by atomic mass is 10.5. The number of rotatable bonds is 1. The Labute approximate surface area is 62.1 Å². The molecule has 0 saturated heterocycles. The molecule has 0 aromatic carbocycles. The molecular formula is C5H5BrO3. The van der Waals surface area contributed by atoms with Crippen LogP contribution in [0.15, 0.2) is 22.8 Å². The Balaban J connectivity index is 0.000000640. The van der Waals surface area contributed by atoms with E-state index in [4.69, 9.17) is 5.11 Å². The third-order valence-electron chi connectivity index (χ3n) is 0.732. The van der Waals surface area contributed by atoms with Gasteiger partial charge in [0.2, 0.25) is 5.76 Å². The molecule has 0 saturated carbocycles. The van der Waals surface area contributed by atoms with Crippen LogP contribution in [0.25, 0.3) is 0 Å². The van der Waals surface area contributed by atoms with Crippen LogP contribution in [0.2, 0.25) is 0 Å². The van der Waals surface area contributed by atoms with Crippen molar-refractivity contribution in [2.75, 3.05) is 0 Å². The zero-order valence-corrected chi connectivity index (χ0v) is 6.12. The van der Waals surface area contributed by atoms with E-state index in [-0.39, 0.29) is 22.7 Å². The molecular weight excluding hydrogens is 188 g/mol. The summed E-state index contributed by atoms with van der Waals surface area (Å²) in [5.74, 6) is -1.06. The minimum Gasteiger partial charge on any atom is -0.475 e. The summed E-state index contributed by atoms with van der Waals surface area (Å²) in [4.78, 5) is 9.97. The average Bonchev–Trinajstić information content (AvgIpc) is 2.12. The third-order valence-corrected chi connectivity index (χ3v) is 0.732. The number of hydrogen-bond donors (Lipinski definition) is 1. The number of carboxylic acid groups (broad SMARTS) is 1. The van der Waals surface area contributed by atoms with Crippen LogP contribution in [0.1, 0.15) is 10.6 Å². The third kappa shape index (κ3) is 1.89. The van der Waals surface area contributed by atoms with Crippen molar-refractivity contribution < 1.29 is 14.3 Å². The molecule has 9 heavy (non-hydrogen) atoms. The summed E-state index contributed by atoms with van der Waals surface area (Å²) in [5.41, 5.74) is 0. The van der Waals surface area contributed by atoms with E-state index in [9.17, 15) is 4.79 Å². The Bertz CT molecular complexity index is 180. The quantitative estimate of drug-likeness (QED) is 0.735. The van der Waals surface area contributed by atoms with E-state index >= 15 is 0 Å². The van der Waals surface area contributed by atoms with Crippen molar-refractivity contribution in [2.24, 2.45) is 0 Å². The van der Waals surface area contributed by atoms with Crippen molar-refractivity contribution in [1.29, 1.82) is 0 Å². The van der Waals surface area contributed by atoms with E-state index in [0.717, 1.165) is 0 Å². The molecule has 0 unspecified atom stereocenters. The minimum atomic E-state index is -1.03. The SMILES string of the molecule is Br.O=C(O)c1ccco1. The predicted octanol–water partition coefficient (Wildman–Crippen LogP) is 1.56. The van der Waals surface area contributed by atoms with Crippen molar-refractivity contribution in [3.63, 3.8) is 0 Å². The Morgan fingerprint density at radius 1 is 1.67 bits per heavy atom. The minimum absolute atomic E-state index is 0. The molecule has 3 nitrogen and oxygen atoms in total. The largest absolute Gasteiger partial charge is 0.475 e. The van der Waals surface area contributed by atoms with E-state index in [1.807, 2.05) is 0 Å². The molecule has 0 spiro atoms. The van der Waals surface area contributed by atoms with Gasteiger partial charge in [-0.05, 0) is 12.1 Å². The number of carbonyl (C=O) groups is 1. The van der Waals surface area contributed by atoms with Gasteiger partial charge in [0.15, 0.2) is 0 Å². The number of halogens is 1. The van der Waals surface area contributed by atoms with Crippen LogP contribution in [0.5, 0.6) is 0 Å². The molecule has 0 radical (unpaired) electrons. The Morgan fingerprint density at radius 3 is 2.56 bits per heavy atom. The summed E-state index contributed by atoms with van der Waals surface area (Å²) in [6.45, 7) is 0. The first-order valence-corrected chi connectivity index (χ1v) is 2.07. The maximum atomic E-state index is 9.97. The summed E-state index contributed by atoms with van der Waals surface area (Å²) in [5, 5.41) is 8.18. The second kappa shape index (κ2) is 3.29. The molecule has 1 rings (SSSR count).